The molecule has 2 atom stereocenters. The molecule has 2 unspecified atom stereocenters. The maximum Gasteiger partial charge on any atom is 0.337 e. The highest BCUT2D eigenvalue weighted by Gasteiger charge is 2.19. The van der Waals surface area contributed by atoms with Gasteiger partial charge in [-0.15, -0.1) is 0 Å². The number of aliphatic carboxylic acids is 1. The van der Waals surface area contributed by atoms with Crippen LogP contribution in [-0.4, -0.2) is 22.8 Å². The van der Waals surface area contributed by atoms with Crippen molar-refractivity contribution < 1.29 is 19.7 Å². The van der Waals surface area contributed by atoms with Gasteiger partial charge >= 0.3 is 5.97 Å². The lowest BCUT2D eigenvalue weighted by molar-refractivity contribution is -0.146. The zero-order valence-electron chi connectivity index (χ0n) is 8.80. The first-order valence-corrected chi connectivity index (χ1v) is 5.31. The Morgan fingerprint density at radius 3 is 2.56 bits per heavy atom. The first kappa shape index (κ1) is 11.1. The van der Waals surface area contributed by atoms with Gasteiger partial charge in [0.2, 0.25) is 0 Å². The molecule has 0 saturated carbocycles. The molecule has 0 aromatic heterocycles. The van der Waals surface area contributed by atoms with Crippen LogP contribution in [-0.2, 0) is 9.53 Å². The molecule has 0 radical (unpaired) electrons. The van der Waals surface area contributed by atoms with E-state index in [-0.39, 0.29) is 6.10 Å². The van der Waals surface area contributed by atoms with Gasteiger partial charge < -0.3 is 14.9 Å². The van der Waals surface area contributed by atoms with Crippen LogP contribution in [0.5, 0.6) is 0 Å². The van der Waals surface area contributed by atoms with Gasteiger partial charge in [0.15, 0.2) is 6.10 Å². The number of hydrogen-bond acceptors (Lipinski definition) is 3. The summed E-state index contributed by atoms with van der Waals surface area (Å²) in [5, 5.41) is 18.0. The van der Waals surface area contributed by atoms with Crippen LogP contribution in [0.4, 0.5) is 0 Å². The minimum absolute atomic E-state index is 0.121. The Morgan fingerprint density at radius 1 is 1.38 bits per heavy atom. The van der Waals surface area contributed by atoms with Gasteiger partial charge in [0.25, 0.3) is 0 Å². The zero-order chi connectivity index (χ0) is 11.5. The van der Waals surface area contributed by atoms with E-state index in [4.69, 9.17) is 9.84 Å². The fraction of sp³-hybridized carbons (Fsp3) is 0.417. The predicted octanol–water partition coefficient (Wildman–Crippen LogP) is 1.66. The highest BCUT2D eigenvalue weighted by Crippen LogP contribution is 2.29. The van der Waals surface area contributed by atoms with Gasteiger partial charge in [-0.25, -0.2) is 4.79 Å². The Hall–Kier alpha value is -1.39. The van der Waals surface area contributed by atoms with Crippen LogP contribution in [0, 0.1) is 0 Å². The monoisotopic (exact) mass is 222 g/mol. The van der Waals surface area contributed by atoms with Gasteiger partial charge in [-0.05, 0) is 24.0 Å². The number of carboxylic acids is 1. The smallest absolute Gasteiger partial charge is 0.337 e. The molecule has 86 valence electrons. The SMILES string of the molecule is O=C(O)C(O)c1ccc(C2CCCO2)cc1. The van der Waals surface area contributed by atoms with Crippen LogP contribution in [0.25, 0.3) is 0 Å². The third-order valence-electron chi connectivity index (χ3n) is 2.79. The lowest BCUT2D eigenvalue weighted by atomic mass is 10.0. The molecule has 1 aliphatic rings. The van der Waals surface area contributed by atoms with E-state index < -0.39 is 12.1 Å². The number of rotatable bonds is 3. The summed E-state index contributed by atoms with van der Waals surface area (Å²) in [5.74, 6) is -1.23. The van der Waals surface area contributed by atoms with Crippen molar-refractivity contribution in [2.45, 2.75) is 25.0 Å². The highest BCUT2D eigenvalue weighted by molar-refractivity contribution is 5.73. The summed E-state index contributed by atoms with van der Waals surface area (Å²) in [7, 11) is 0. The third-order valence-corrected chi connectivity index (χ3v) is 2.79. The molecule has 1 aromatic rings. The molecular formula is C12H14O4. The highest BCUT2D eigenvalue weighted by atomic mass is 16.5. The standard InChI is InChI=1S/C12H14O4/c13-11(12(14)15)9-5-3-8(4-6-9)10-2-1-7-16-10/h3-6,10-11,13H,1-2,7H2,(H,14,15). The predicted molar refractivity (Wildman–Crippen MR) is 57.0 cm³/mol. The van der Waals surface area contributed by atoms with Crippen molar-refractivity contribution in [1.29, 1.82) is 0 Å². The molecule has 1 fully saturated rings. The quantitative estimate of drug-likeness (QED) is 0.816. The second kappa shape index (κ2) is 4.63. The molecule has 1 aromatic carbocycles. The van der Waals surface area contributed by atoms with E-state index in [2.05, 4.69) is 0 Å². The Kier molecular flexibility index (Phi) is 3.22. The number of ether oxygens (including phenoxy) is 1. The normalized spacial score (nSPS) is 21.9. The van der Waals surface area contributed by atoms with Gasteiger partial charge in [-0.3, -0.25) is 0 Å². The third kappa shape index (κ3) is 2.23. The number of hydrogen-bond donors (Lipinski definition) is 2. The Morgan fingerprint density at radius 2 is 2.06 bits per heavy atom. The Labute approximate surface area is 93.5 Å². The van der Waals surface area contributed by atoms with E-state index in [0.29, 0.717) is 5.56 Å². The molecule has 4 nitrogen and oxygen atoms in total. The lowest BCUT2D eigenvalue weighted by Crippen LogP contribution is -2.10. The van der Waals surface area contributed by atoms with E-state index in [1.807, 2.05) is 12.1 Å². The molecule has 16 heavy (non-hydrogen) atoms. The van der Waals surface area contributed by atoms with E-state index in [1.165, 1.54) is 0 Å². The van der Waals surface area contributed by atoms with Gasteiger partial charge in [-0.1, -0.05) is 24.3 Å². The maximum absolute atomic E-state index is 10.6. The molecule has 1 aliphatic heterocycles. The molecule has 1 saturated heterocycles. The second-order valence-corrected chi connectivity index (χ2v) is 3.91. The summed E-state index contributed by atoms with van der Waals surface area (Å²) in [4.78, 5) is 10.6. The van der Waals surface area contributed by atoms with Crippen LogP contribution in [0.15, 0.2) is 24.3 Å². The van der Waals surface area contributed by atoms with E-state index >= 15 is 0 Å². The van der Waals surface area contributed by atoms with E-state index in [9.17, 15) is 9.90 Å². The van der Waals surface area contributed by atoms with Crippen molar-refractivity contribution in [1.82, 2.24) is 0 Å². The fourth-order valence-electron chi connectivity index (χ4n) is 1.88. The van der Waals surface area contributed by atoms with Crippen molar-refractivity contribution in [2.24, 2.45) is 0 Å². The first-order valence-electron chi connectivity index (χ1n) is 5.31. The molecule has 0 aliphatic carbocycles. The number of aliphatic hydroxyl groups excluding tert-OH is 1. The molecule has 0 spiro atoms. The lowest BCUT2D eigenvalue weighted by Gasteiger charge is -2.11. The van der Waals surface area contributed by atoms with Crippen molar-refractivity contribution >= 4 is 5.97 Å². The minimum Gasteiger partial charge on any atom is -0.479 e. The first-order chi connectivity index (χ1) is 7.68. The van der Waals surface area contributed by atoms with Crippen LogP contribution < -0.4 is 0 Å². The topological polar surface area (TPSA) is 66.8 Å². The van der Waals surface area contributed by atoms with Crippen LogP contribution in [0.2, 0.25) is 0 Å². The van der Waals surface area contributed by atoms with E-state index in [1.54, 1.807) is 12.1 Å². The number of benzene rings is 1. The van der Waals surface area contributed by atoms with Crippen molar-refractivity contribution in [2.75, 3.05) is 6.61 Å². The summed E-state index contributed by atoms with van der Waals surface area (Å²) in [6.07, 6.45) is 0.736. The summed E-state index contributed by atoms with van der Waals surface area (Å²) in [6, 6.07) is 6.90. The summed E-state index contributed by atoms with van der Waals surface area (Å²) in [6.45, 7) is 0.782. The Bertz CT molecular complexity index is 365. The molecule has 2 N–H and O–H groups in total. The fourth-order valence-corrected chi connectivity index (χ4v) is 1.88. The second-order valence-electron chi connectivity index (χ2n) is 3.91. The van der Waals surface area contributed by atoms with E-state index in [0.717, 1.165) is 25.0 Å². The van der Waals surface area contributed by atoms with Crippen molar-refractivity contribution in [3.63, 3.8) is 0 Å². The molecular weight excluding hydrogens is 208 g/mol. The Balaban J connectivity index is 2.12. The molecule has 0 amide bonds. The summed E-state index contributed by atoms with van der Waals surface area (Å²) < 4.78 is 5.51. The van der Waals surface area contributed by atoms with Crippen LogP contribution in [0.1, 0.15) is 36.2 Å². The van der Waals surface area contributed by atoms with Gasteiger partial charge in [0.1, 0.15) is 0 Å². The van der Waals surface area contributed by atoms with Crippen molar-refractivity contribution in [3.8, 4) is 0 Å². The maximum atomic E-state index is 10.6. The average Bonchev–Trinajstić information content (AvgIpc) is 2.81. The number of carboxylic acid groups (broad SMARTS) is 1. The molecule has 4 heteroatoms. The average molecular weight is 222 g/mol. The summed E-state index contributed by atoms with van der Waals surface area (Å²) >= 11 is 0. The molecule has 2 rings (SSSR count). The number of aliphatic hydroxyl groups is 1. The molecule has 1 heterocycles. The van der Waals surface area contributed by atoms with Crippen LogP contribution >= 0.6 is 0 Å². The largest absolute Gasteiger partial charge is 0.479 e. The van der Waals surface area contributed by atoms with Crippen LogP contribution in [0.3, 0.4) is 0 Å². The summed E-state index contributed by atoms with van der Waals surface area (Å²) in [5.41, 5.74) is 1.44. The molecule has 0 bridgehead atoms. The van der Waals surface area contributed by atoms with Crippen molar-refractivity contribution in [3.05, 3.63) is 35.4 Å². The van der Waals surface area contributed by atoms with Gasteiger partial charge in [0.05, 0.1) is 6.10 Å². The number of carbonyl (C=O) groups is 1. The zero-order valence-corrected chi connectivity index (χ0v) is 8.80. The van der Waals surface area contributed by atoms with Gasteiger partial charge in [-0.2, -0.15) is 0 Å². The minimum atomic E-state index is -1.45. The van der Waals surface area contributed by atoms with Gasteiger partial charge in [0, 0.05) is 6.61 Å².